The summed E-state index contributed by atoms with van der Waals surface area (Å²) in [6.07, 6.45) is 0.555. The highest BCUT2D eigenvalue weighted by Gasteiger charge is 2.27. The summed E-state index contributed by atoms with van der Waals surface area (Å²) in [7, 11) is -6.61. The van der Waals surface area contributed by atoms with Crippen molar-refractivity contribution in [2.75, 3.05) is 24.6 Å². The van der Waals surface area contributed by atoms with E-state index in [1.807, 2.05) is 6.07 Å². The summed E-state index contributed by atoms with van der Waals surface area (Å²) in [5, 5.41) is 11.8. The van der Waals surface area contributed by atoms with Crippen molar-refractivity contribution in [1.82, 2.24) is 10.0 Å². The van der Waals surface area contributed by atoms with E-state index in [9.17, 15) is 16.8 Å². The van der Waals surface area contributed by atoms with Gasteiger partial charge in [-0.3, -0.25) is 0 Å². The highest BCUT2D eigenvalue weighted by atomic mass is 32.2. The molecular weight excluding hydrogens is 326 g/mol. The summed E-state index contributed by atoms with van der Waals surface area (Å²) in [5.41, 5.74) is 0.275. The third kappa shape index (κ3) is 4.51. The molecule has 2 rings (SSSR count). The van der Waals surface area contributed by atoms with E-state index in [0.29, 0.717) is 13.0 Å². The largest absolute Gasteiger partial charge is 0.312 e. The van der Waals surface area contributed by atoms with E-state index in [0.717, 1.165) is 0 Å². The Balaban J connectivity index is 1.84. The zero-order valence-corrected chi connectivity index (χ0v) is 13.5. The second-order valence-corrected chi connectivity index (χ2v) is 9.09. The number of nitrogens with one attached hydrogen (secondary N) is 2. The topological polar surface area (TPSA) is 116 Å². The Kier molecular flexibility index (Phi) is 5.18. The second-order valence-electron chi connectivity index (χ2n) is 5.09. The van der Waals surface area contributed by atoms with Crippen LogP contribution in [0.3, 0.4) is 0 Å². The lowest BCUT2D eigenvalue weighted by Crippen LogP contribution is -2.37. The molecule has 22 heavy (non-hydrogen) atoms. The number of sulfonamides is 1. The van der Waals surface area contributed by atoms with Crippen LogP contribution < -0.4 is 10.0 Å². The third-order valence-corrected chi connectivity index (χ3v) is 6.58. The summed E-state index contributed by atoms with van der Waals surface area (Å²) in [6.45, 7) is 0.493. The summed E-state index contributed by atoms with van der Waals surface area (Å²) in [6, 6.07) is 7.53. The predicted octanol–water partition coefficient (Wildman–Crippen LogP) is -0.387. The molecule has 9 heteroatoms. The quantitative estimate of drug-likeness (QED) is 0.680. The SMILES string of the molecule is N#Cc1cccc(S(=O)(=O)NCCN[C@@H]2CCS(=O)(=O)C2)c1. The van der Waals surface area contributed by atoms with Crippen molar-refractivity contribution in [1.29, 1.82) is 5.26 Å². The Morgan fingerprint density at radius 1 is 1.32 bits per heavy atom. The van der Waals surface area contributed by atoms with Gasteiger partial charge in [-0.25, -0.2) is 21.6 Å². The van der Waals surface area contributed by atoms with Crippen LogP contribution in [0.2, 0.25) is 0 Å². The van der Waals surface area contributed by atoms with Gasteiger partial charge in [-0.15, -0.1) is 0 Å². The van der Waals surface area contributed by atoms with Crippen LogP contribution in [0.25, 0.3) is 0 Å². The van der Waals surface area contributed by atoms with Gasteiger partial charge >= 0.3 is 0 Å². The first-order chi connectivity index (χ1) is 10.3. The van der Waals surface area contributed by atoms with Crippen LogP contribution in [0.1, 0.15) is 12.0 Å². The first kappa shape index (κ1) is 16.9. The fraction of sp³-hybridized carbons (Fsp3) is 0.462. The first-order valence-corrected chi connectivity index (χ1v) is 10.1. The van der Waals surface area contributed by atoms with Crippen molar-refractivity contribution >= 4 is 19.9 Å². The molecule has 1 aromatic rings. The minimum atomic E-state index is -3.67. The van der Waals surface area contributed by atoms with Gasteiger partial charge in [0.1, 0.15) is 0 Å². The van der Waals surface area contributed by atoms with Crippen molar-refractivity contribution in [3.63, 3.8) is 0 Å². The lowest BCUT2D eigenvalue weighted by atomic mass is 10.2. The van der Waals surface area contributed by atoms with Gasteiger partial charge in [-0.05, 0) is 24.6 Å². The van der Waals surface area contributed by atoms with E-state index in [1.54, 1.807) is 0 Å². The molecule has 2 N–H and O–H groups in total. The number of rotatable bonds is 6. The van der Waals surface area contributed by atoms with E-state index < -0.39 is 19.9 Å². The van der Waals surface area contributed by atoms with Gasteiger partial charge in [0.25, 0.3) is 0 Å². The summed E-state index contributed by atoms with van der Waals surface area (Å²) >= 11 is 0. The van der Waals surface area contributed by atoms with Gasteiger partial charge in [0.2, 0.25) is 10.0 Å². The zero-order valence-electron chi connectivity index (χ0n) is 11.8. The molecule has 1 aliphatic heterocycles. The molecule has 0 radical (unpaired) electrons. The number of hydrogen-bond acceptors (Lipinski definition) is 6. The van der Waals surface area contributed by atoms with Crippen molar-refractivity contribution < 1.29 is 16.8 Å². The smallest absolute Gasteiger partial charge is 0.240 e. The summed E-state index contributed by atoms with van der Waals surface area (Å²) in [4.78, 5) is 0.0370. The first-order valence-electron chi connectivity index (χ1n) is 6.76. The van der Waals surface area contributed by atoms with E-state index in [1.165, 1.54) is 24.3 Å². The number of benzene rings is 1. The van der Waals surface area contributed by atoms with E-state index in [-0.39, 0.29) is 34.6 Å². The molecule has 0 amide bonds. The lowest BCUT2D eigenvalue weighted by Gasteiger charge is -2.11. The Bertz CT molecular complexity index is 782. The molecule has 0 aliphatic carbocycles. The Morgan fingerprint density at radius 3 is 2.73 bits per heavy atom. The van der Waals surface area contributed by atoms with Gasteiger partial charge < -0.3 is 5.32 Å². The third-order valence-electron chi connectivity index (χ3n) is 3.36. The minimum Gasteiger partial charge on any atom is -0.312 e. The van der Waals surface area contributed by atoms with Crippen LogP contribution in [0.5, 0.6) is 0 Å². The number of sulfone groups is 1. The van der Waals surface area contributed by atoms with Gasteiger partial charge in [-0.1, -0.05) is 6.07 Å². The molecule has 0 bridgehead atoms. The van der Waals surface area contributed by atoms with Crippen LogP contribution in [0.4, 0.5) is 0 Å². The molecule has 0 spiro atoms. The van der Waals surface area contributed by atoms with Crippen LogP contribution in [-0.2, 0) is 19.9 Å². The van der Waals surface area contributed by atoms with Crippen LogP contribution in [0, 0.1) is 11.3 Å². The average molecular weight is 343 g/mol. The molecular formula is C13H17N3O4S2. The molecule has 7 nitrogen and oxygen atoms in total. The van der Waals surface area contributed by atoms with Crippen molar-refractivity contribution in [2.45, 2.75) is 17.4 Å². The van der Waals surface area contributed by atoms with Crippen molar-refractivity contribution in [2.24, 2.45) is 0 Å². The van der Waals surface area contributed by atoms with Gasteiger partial charge in [-0.2, -0.15) is 5.26 Å². The predicted molar refractivity (Wildman–Crippen MR) is 81.4 cm³/mol. The minimum absolute atomic E-state index is 0.0370. The molecule has 0 saturated carbocycles. The summed E-state index contributed by atoms with van der Waals surface area (Å²) in [5.74, 6) is 0.279. The van der Waals surface area contributed by atoms with Gasteiger partial charge in [0.15, 0.2) is 9.84 Å². The Hall–Kier alpha value is -1.47. The highest BCUT2D eigenvalue weighted by Crippen LogP contribution is 2.11. The van der Waals surface area contributed by atoms with Gasteiger partial charge in [0, 0.05) is 19.1 Å². The number of nitriles is 1. The van der Waals surface area contributed by atoms with Crippen LogP contribution in [-0.4, -0.2) is 47.5 Å². The van der Waals surface area contributed by atoms with Crippen molar-refractivity contribution in [3.8, 4) is 6.07 Å². The van der Waals surface area contributed by atoms with E-state index >= 15 is 0 Å². The van der Waals surface area contributed by atoms with Crippen LogP contribution >= 0.6 is 0 Å². The maximum Gasteiger partial charge on any atom is 0.240 e. The molecule has 120 valence electrons. The second kappa shape index (κ2) is 6.75. The number of nitrogens with zero attached hydrogens (tertiary/aromatic N) is 1. The lowest BCUT2D eigenvalue weighted by molar-refractivity contribution is 0.542. The van der Waals surface area contributed by atoms with E-state index in [2.05, 4.69) is 10.0 Å². The molecule has 1 heterocycles. The molecule has 0 unspecified atom stereocenters. The fourth-order valence-electron chi connectivity index (χ4n) is 2.23. The fourth-order valence-corrected chi connectivity index (χ4v) is 5.02. The monoisotopic (exact) mass is 343 g/mol. The molecule has 1 aliphatic rings. The van der Waals surface area contributed by atoms with E-state index in [4.69, 9.17) is 5.26 Å². The summed E-state index contributed by atoms with van der Waals surface area (Å²) < 4.78 is 49.1. The molecule has 1 saturated heterocycles. The van der Waals surface area contributed by atoms with Crippen LogP contribution in [0.15, 0.2) is 29.2 Å². The maximum atomic E-state index is 12.1. The Labute approximate surface area is 130 Å². The average Bonchev–Trinajstić information content (AvgIpc) is 2.83. The molecule has 1 fully saturated rings. The Morgan fingerprint density at radius 2 is 2.09 bits per heavy atom. The molecule has 1 atom stereocenters. The van der Waals surface area contributed by atoms with Crippen molar-refractivity contribution in [3.05, 3.63) is 29.8 Å². The highest BCUT2D eigenvalue weighted by molar-refractivity contribution is 7.91. The maximum absolute atomic E-state index is 12.1. The molecule has 0 aromatic heterocycles. The molecule has 1 aromatic carbocycles. The number of hydrogen-bond donors (Lipinski definition) is 2. The standard InChI is InChI=1S/C13H17N3O4S2/c14-9-11-2-1-3-13(8-11)22(19,20)16-6-5-15-12-4-7-21(17,18)10-12/h1-3,8,12,15-16H,4-7,10H2/t12-/m1/s1. The zero-order chi connectivity index (χ0) is 16.2. The normalized spacial score (nSPS) is 20.6. The van der Waals surface area contributed by atoms with Gasteiger partial charge in [0.05, 0.1) is 28.0 Å².